The Hall–Kier alpha value is -3.36. The number of furan rings is 1. The van der Waals surface area contributed by atoms with Gasteiger partial charge in [-0.1, -0.05) is 29.8 Å². The fourth-order valence-corrected chi connectivity index (χ4v) is 2.56. The van der Waals surface area contributed by atoms with Gasteiger partial charge in [0, 0.05) is 28.3 Å². The lowest BCUT2D eigenvalue weighted by Crippen LogP contribution is -1.86. The van der Waals surface area contributed by atoms with E-state index < -0.39 is 4.92 Å². The lowest BCUT2D eigenvalue weighted by atomic mass is 10.1. The first-order chi connectivity index (χ1) is 12.1. The minimum Gasteiger partial charge on any atom is -0.457 e. The summed E-state index contributed by atoms with van der Waals surface area (Å²) in [5, 5.41) is 20.6. The van der Waals surface area contributed by atoms with E-state index >= 15 is 0 Å². The molecule has 1 aromatic heterocycles. The zero-order chi connectivity index (χ0) is 17.8. The lowest BCUT2D eigenvalue weighted by Gasteiger charge is -2.01. The summed E-state index contributed by atoms with van der Waals surface area (Å²) in [7, 11) is 0. The molecule has 122 valence electrons. The molecule has 0 aliphatic heterocycles. The van der Waals surface area contributed by atoms with E-state index in [9.17, 15) is 15.4 Å². The second-order valence-electron chi connectivity index (χ2n) is 5.16. The molecule has 0 saturated carbocycles. The van der Waals surface area contributed by atoms with Crippen LogP contribution in [0.25, 0.3) is 23.0 Å². The summed E-state index contributed by atoms with van der Waals surface area (Å²) < 4.78 is 5.72. The van der Waals surface area contributed by atoms with E-state index in [0.29, 0.717) is 33.2 Å². The summed E-state index contributed by atoms with van der Waals surface area (Å²) >= 11 is 6.13. The summed E-state index contributed by atoms with van der Waals surface area (Å²) in [6.07, 6.45) is 1.61. The number of nitro benzene ring substituents is 1. The molecule has 0 saturated heterocycles. The van der Waals surface area contributed by atoms with Crippen molar-refractivity contribution in [1.29, 1.82) is 5.26 Å². The van der Waals surface area contributed by atoms with Crippen molar-refractivity contribution in [2.75, 3.05) is 0 Å². The van der Waals surface area contributed by atoms with Gasteiger partial charge in [0.1, 0.15) is 11.5 Å². The fraction of sp³-hybridized carbons (Fsp3) is 0. The molecule has 0 N–H and O–H groups in total. The van der Waals surface area contributed by atoms with E-state index in [-0.39, 0.29) is 5.69 Å². The molecule has 0 aliphatic rings. The average Bonchev–Trinajstić information content (AvgIpc) is 3.09. The minimum atomic E-state index is -0.455. The predicted octanol–water partition coefficient (Wildman–Crippen LogP) is 5.57. The second-order valence-corrected chi connectivity index (χ2v) is 5.56. The Kier molecular flexibility index (Phi) is 4.64. The van der Waals surface area contributed by atoms with Crippen molar-refractivity contribution < 1.29 is 9.34 Å². The average molecular weight is 351 g/mol. The van der Waals surface area contributed by atoms with Crippen LogP contribution in [0.5, 0.6) is 0 Å². The number of halogens is 1. The quantitative estimate of drug-likeness (QED) is 0.350. The third-order valence-electron chi connectivity index (χ3n) is 3.56. The van der Waals surface area contributed by atoms with Gasteiger partial charge in [-0.25, -0.2) is 0 Å². The van der Waals surface area contributed by atoms with Crippen LogP contribution in [0.3, 0.4) is 0 Å². The molecule has 0 bridgehead atoms. The Bertz CT molecular complexity index is 998. The molecule has 0 fully saturated rings. The molecule has 0 unspecified atom stereocenters. The number of hydrogen-bond donors (Lipinski definition) is 0. The lowest BCUT2D eigenvalue weighted by molar-refractivity contribution is -0.384. The Morgan fingerprint density at radius 2 is 1.84 bits per heavy atom. The van der Waals surface area contributed by atoms with E-state index in [0.717, 1.165) is 0 Å². The van der Waals surface area contributed by atoms with Crippen LogP contribution in [0.15, 0.2) is 65.1 Å². The normalized spacial score (nSPS) is 11.1. The summed E-state index contributed by atoms with van der Waals surface area (Å²) in [4.78, 5) is 10.2. The van der Waals surface area contributed by atoms with Crippen LogP contribution in [-0.4, -0.2) is 4.92 Å². The number of hydrogen-bond acceptors (Lipinski definition) is 4. The predicted molar refractivity (Wildman–Crippen MR) is 95.7 cm³/mol. The molecule has 1 heterocycles. The van der Waals surface area contributed by atoms with Crippen LogP contribution in [-0.2, 0) is 0 Å². The molecule has 0 spiro atoms. The van der Waals surface area contributed by atoms with Crippen molar-refractivity contribution in [2.24, 2.45) is 0 Å². The van der Waals surface area contributed by atoms with Gasteiger partial charge < -0.3 is 4.42 Å². The molecular formula is C19H11ClN2O3. The number of benzene rings is 2. The van der Waals surface area contributed by atoms with Gasteiger partial charge in [0.15, 0.2) is 0 Å². The number of rotatable bonds is 4. The van der Waals surface area contributed by atoms with E-state index in [2.05, 4.69) is 6.07 Å². The molecule has 0 aliphatic carbocycles. The third kappa shape index (κ3) is 3.60. The zero-order valence-electron chi connectivity index (χ0n) is 12.8. The Morgan fingerprint density at radius 3 is 2.48 bits per heavy atom. The van der Waals surface area contributed by atoms with Gasteiger partial charge in [0.2, 0.25) is 0 Å². The topological polar surface area (TPSA) is 80.1 Å². The highest BCUT2D eigenvalue weighted by Gasteiger charge is 2.10. The molecule has 3 rings (SSSR count). The molecule has 0 atom stereocenters. The van der Waals surface area contributed by atoms with Crippen LogP contribution in [0, 0.1) is 21.4 Å². The summed E-state index contributed by atoms with van der Waals surface area (Å²) in [6.45, 7) is 0. The number of nitro groups is 1. The Balaban J connectivity index is 1.92. The van der Waals surface area contributed by atoms with Crippen LogP contribution in [0.2, 0.25) is 5.02 Å². The number of non-ortho nitro benzene ring substituents is 1. The highest BCUT2D eigenvalue weighted by molar-refractivity contribution is 6.32. The van der Waals surface area contributed by atoms with Crippen molar-refractivity contribution in [1.82, 2.24) is 0 Å². The van der Waals surface area contributed by atoms with Gasteiger partial charge in [-0.15, -0.1) is 0 Å². The largest absolute Gasteiger partial charge is 0.457 e. The minimum absolute atomic E-state index is 0.0147. The molecule has 5 nitrogen and oxygen atoms in total. The molecule has 0 amide bonds. The van der Waals surface area contributed by atoms with Gasteiger partial charge in [0.25, 0.3) is 5.69 Å². The highest BCUT2D eigenvalue weighted by Crippen LogP contribution is 2.28. The van der Waals surface area contributed by atoms with E-state index in [1.54, 1.807) is 54.6 Å². The summed E-state index contributed by atoms with van der Waals surface area (Å²) in [5.74, 6) is 1.04. The van der Waals surface area contributed by atoms with Crippen molar-refractivity contribution in [3.8, 4) is 17.4 Å². The Labute approximate surface area is 148 Å². The van der Waals surface area contributed by atoms with Gasteiger partial charge in [-0.3, -0.25) is 10.1 Å². The van der Waals surface area contributed by atoms with Gasteiger partial charge in [-0.2, -0.15) is 5.26 Å². The van der Waals surface area contributed by atoms with Crippen molar-refractivity contribution in [3.05, 3.63) is 87.1 Å². The zero-order valence-corrected chi connectivity index (χ0v) is 13.6. The first-order valence-corrected chi connectivity index (χ1v) is 7.67. The number of nitriles is 1. The molecule has 25 heavy (non-hydrogen) atoms. The van der Waals surface area contributed by atoms with Crippen LogP contribution in [0.4, 0.5) is 5.69 Å². The molecular weight excluding hydrogens is 340 g/mol. The van der Waals surface area contributed by atoms with Crippen molar-refractivity contribution in [3.63, 3.8) is 0 Å². The first-order valence-electron chi connectivity index (χ1n) is 7.30. The summed E-state index contributed by atoms with van der Waals surface area (Å²) in [5.41, 5.74) is 1.73. The van der Waals surface area contributed by atoms with E-state index in [4.69, 9.17) is 16.0 Å². The molecule has 6 heteroatoms. The second kappa shape index (κ2) is 7.04. The van der Waals surface area contributed by atoms with Crippen LogP contribution in [0.1, 0.15) is 11.3 Å². The van der Waals surface area contributed by atoms with E-state index in [1.165, 1.54) is 12.1 Å². The number of nitrogens with zero attached hydrogens (tertiary/aromatic N) is 2. The maximum atomic E-state index is 10.7. The molecule has 3 aromatic rings. The van der Waals surface area contributed by atoms with E-state index in [1.807, 2.05) is 0 Å². The maximum absolute atomic E-state index is 10.7. The third-order valence-corrected chi connectivity index (χ3v) is 3.89. The van der Waals surface area contributed by atoms with Gasteiger partial charge in [-0.05, 0) is 36.4 Å². The summed E-state index contributed by atoms with van der Waals surface area (Å²) in [6, 6.07) is 18.7. The van der Waals surface area contributed by atoms with Crippen LogP contribution >= 0.6 is 11.6 Å². The Morgan fingerprint density at radius 1 is 1.12 bits per heavy atom. The monoisotopic (exact) mass is 350 g/mol. The molecule has 2 aromatic carbocycles. The van der Waals surface area contributed by atoms with Crippen molar-refractivity contribution in [2.45, 2.75) is 0 Å². The first kappa shape index (κ1) is 16.5. The van der Waals surface area contributed by atoms with Crippen LogP contribution < -0.4 is 0 Å². The van der Waals surface area contributed by atoms with Gasteiger partial charge in [0.05, 0.1) is 16.6 Å². The fourth-order valence-electron chi connectivity index (χ4n) is 2.33. The highest BCUT2D eigenvalue weighted by atomic mass is 35.5. The van der Waals surface area contributed by atoms with Gasteiger partial charge >= 0.3 is 0 Å². The molecule has 0 radical (unpaired) electrons. The number of allylic oxidation sites excluding steroid dienone is 1. The van der Waals surface area contributed by atoms with Crippen molar-refractivity contribution >= 4 is 28.9 Å². The SMILES string of the molecule is N#C/C(=C\c1ccc(-c2ccc([N+](=O)[O-])cc2)o1)c1ccccc1Cl. The smallest absolute Gasteiger partial charge is 0.269 e. The standard InChI is InChI=1S/C19H11ClN2O3/c20-18-4-2-1-3-17(18)14(12-21)11-16-9-10-19(25-16)13-5-7-15(8-6-13)22(23)24/h1-11H/b14-11+. The maximum Gasteiger partial charge on any atom is 0.269 e.